The normalized spacial score (nSPS) is 31.9. The highest BCUT2D eigenvalue weighted by molar-refractivity contribution is 6.04. The summed E-state index contributed by atoms with van der Waals surface area (Å²) >= 11 is 0. The van der Waals surface area contributed by atoms with Crippen molar-refractivity contribution < 1.29 is 9.59 Å². The van der Waals surface area contributed by atoms with Crippen LogP contribution in [0.4, 0.5) is 0 Å². The second-order valence-corrected chi connectivity index (χ2v) is 5.52. The summed E-state index contributed by atoms with van der Waals surface area (Å²) in [6.45, 7) is 2.09. The molecule has 1 fully saturated rings. The molecule has 2 aliphatic rings. The molecule has 88 valence electrons. The molecular weight excluding hydrogens is 212 g/mol. The van der Waals surface area contributed by atoms with Crippen LogP contribution in [0.1, 0.15) is 37.3 Å². The fourth-order valence-corrected chi connectivity index (χ4v) is 3.63. The Hall–Kier alpha value is -1.44. The molecule has 3 rings (SSSR count). The first-order valence-corrected chi connectivity index (χ1v) is 6.24. The number of fused-ring (bicyclic) bond motifs is 3. The number of hydrogen-bond donors (Lipinski definition) is 0. The van der Waals surface area contributed by atoms with Crippen molar-refractivity contribution >= 4 is 11.6 Å². The molecule has 2 heteroatoms. The molecule has 0 amide bonds. The van der Waals surface area contributed by atoms with Crippen molar-refractivity contribution in [1.82, 2.24) is 0 Å². The van der Waals surface area contributed by atoms with Crippen molar-refractivity contribution in [2.75, 3.05) is 0 Å². The Morgan fingerprint density at radius 1 is 1.24 bits per heavy atom. The summed E-state index contributed by atoms with van der Waals surface area (Å²) in [5.74, 6) is 0.304. The van der Waals surface area contributed by atoms with Crippen molar-refractivity contribution in [3.63, 3.8) is 0 Å². The second-order valence-electron chi connectivity index (χ2n) is 5.52. The first-order valence-electron chi connectivity index (χ1n) is 6.24. The number of aryl methyl sites for hydroxylation is 1. The molecule has 2 aliphatic carbocycles. The van der Waals surface area contributed by atoms with Crippen LogP contribution < -0.4 is 0 Å². The molecule has 17 heavy (non-hydrogen) atoms. The SMILES string of the molecule is C[C@]12CC(=O)CC(=O)[C@H]1CCc1ccccc12. The van der Waals surface area contributed by atoms with Crippen LogP contribution in [0.15, 0.2) is 24.3 Å². The Morgan fingerprint density at radius 3 is 2.82 bits per heavy atom. The van der Waals surface area contributed by atoms with Gasteiger partial charge in [-0.1, -0.05) is 31.2 Å². The third kappa shape index (κ3) is 1.47. The highest BCUT2D eigenvalue weighted by atomic mass is 16.1. The Bertz CT molecular complexity index is 503. The molecule has 0 saturated heterocycles. The smallest absolute Gasteiger partial charge is 0.144 e. The summed E-state index contributed by atoms with van der Waals surface area (Å²) in [7, 11) is 0. The van der Waals surface area contributed by atoms with E-state index in [0.717, 1.165) is 12.8 Å². The van der Waals surface area contributed by atoms with Gasteiger partial charge in [0.2, 0.25) is 0 Å². The summed E-state index contributed by atoms with van der Waals surface area (Å²) in [6, 6.07) is 8.26. The number of rotatable bonds is 0. The Labute approximate surface area is 101 Å². The number of carbonyl (C=O) groups excluding carboxylic acids is 2. The van der Waals surface area contributed by atoms with Crippen molar-refractivity contribution in [3.05, 3.63) is 35.4 Å². The lowest BCUT2D eigenvalue weighted by molar-refractivity contribution is -0.136. The zero-order valence-corrected chi connectivity index (χ0v) is 10.0. The van der Waals surface area contributed by atoms with E-state index in [9.17, 15) is 9.59 Å². The lowest BCUT2D eigenvalue weighted by Gasteiger charge is -2.44. The van der Waals surface area contributed by atoms with Crippen LogP contribution in [0.25, 0.3) is 0 Å². The van der Waals surface area contributed by atoms with Gasteiger partial charge in [0.25, 0.3) is 0 Å². The molecular formula is C15H16O2. The van der Waals surface area contributed by atoms with E-state index in [4.69, 9.17) is 0 Å². The molecule has 0 N–H and O–H groups in total. The van der Waals surface area contributed by atoms with Crippen molar-refractivity contribution in [3.8, 4) is 0 Å². The lowest BCUT2D eigenvalue weighted by Crippen LogP contribution is -2.47. The predicted molar refractivity (Wildman–Crippen MR) is 64.9 cm³/mol. The Balaban J connectivity index is 2.15. The average molecular weight is 228 g/mol. The maximum atomic E-state index is 12.0. The quantitative estimate of drug-likeness (QED) is 0.639. The number of ketones is 2. The molecule has 2 nitrogen and oxygen atoms in total. The van der Waals surface area contributed by atoms with Crippen LogP contribution in [0.2, 0.25) is 0 Å². The van der Waals surface area contributed by atoms with E-state index in [1.165, 1.54) is 11.1 Å². The first kappa shape index (κ1) is 10.7. The Kier molecular flexibility index (Phi) is 2.22. The third-order valence-electron chi connectivity index (χ3n) is 4.43. The monoisotopic (exact) mass is 228 g/mol. The molecule has 0 unspecified atom stereocenters. The minimum Gasteiger partial charge on any atom is -0.299 e. The zero-order valence-electron chi connectivity index (χ0n) is 10.0. The molecule has 1 aromatic rings. The van der Waals surface area contributed by atoms with Gasteiger partial charge in [-0.3, -0.25) is 9.59 Å². The van der Waals surface area contributed by atoms with Gasteiger partial charge in [-0.25, -0.2) is 0 Å². The fraction of sp³-hybridized carbons (Fsp3) is 0.467. The molecule has 2 atom stereocenters. The number of hydrogen-bond acceptors (Lipinski definition) is 2. The zero-order chi connectivity index (χ0) is 12.0. The van der Waals surface area contributed by atoms with Gasteiger partial charge in [-0.2, -0.15) is 0 Å². The maximum Gasteiger partial charge on any atom is 0.144 e. The lowest BCUT2D eigenvalue weighted by atomic mass is 9.57. The van der Waals surface area contributed by atoms with Crippen molar-refractivity contribution in [1.29, 1.82) is 0 Å². The molecule has 0 spiro atoms. The van der Waals surface area contributed by atoms with E-state index in [0.29, 0.717) is 6.42 Å². The molecule has 0 radical (unpaired) electrons. The van der Waals surface area contributed by atoms with E-state index in [2.05, 4.69) is 19.1 Å². The van der Waals surface area contributed by atoms with E-state index in [1.54, 1.807) is 0 Å². The van der Waals surface area contributed by atoms with Gasteiger partial charge < -0.3 is 0 Å². The van der Waals surface area contributed by atoms with Crippen LogP contribution in [-0.4, -0.2) is 11.6 Å². The number of Topliss-reactive ketones (excluding diaryl/α,β-unsaturated/α-hetero) is 2. The largest absolute Gasteiger partial charge is 0.299 e. The van der Waals surface area contributed by atoms with Gasteiger partial charge in [0.1, 0.15) is 11.6 Å². The topological polar surface area (TPSA) is 34.1 Å². The van der Waals surface area contributed by atoms with E-state index in [-0.39, 0.29) is 29.3 Å². The minimum atomic E-state index is -0.249. The van der Waals surface area contributed by atoms with Crippen molar-refractivity contribution in [2.45, 2.75) is 38.0 Å². The summed E-state index contributed by atoms with van der Waals surface area (Å²) in [5, 5.41) is 0. The molecule has 0 aromatic heterocycles. The molecule has 0 bridgehead atoms. The standard InChI is InChI=1S/C15H16O2/c1-15-9-11(16)8-14(17)13(15)7-6-10-4-2-3-5-12(10)15/h2-5,13H,6-9H2,1H3/t13-,15-/m1/s1. The summed E-state index contributed by atoms with van der Waals surface area (Å²) in [4.78, 5) is 23.8. The van der Waals surface area contributed by atoms with Gasteiger partial charge in [0, 0.05) is 17.8 Å². The molecule has 1 aromatic carbocycles. The maximum absolute atomic E-state index is 12.0. The number of carbonyl (C=O) groups is 2. The molecule has 0 heterocycles. The highest BCUT2D eigenvalue weighted by Gasteiger charge is 2.48. The van der Waals surface area contributed by atoms with E-state index < -0.39 is 0 Å². The van der Waals surface area contributed by atoms with Crippen molar-refractivity contribution in [2.24, 2.45) is 5.92 Å². The number of benzene rings is 1. The molecule has 0 aliphatic heterocycles. The molecule has 1 saturated carbocycles. The second kappa shape index (κ2) is 3.52. The fourth-order valence-electron chi connectivity index (χ4n) is 3.63. The van der Waals surface area contributed by atoms with Crippen LogP contribution in [-0.2, 0) is 21.4 Å². The van der Waals surface area contributed by atoms with Crippen LogP contribution >= 0.6 is 0 Å². The van der Waals surface area contributed by atoms with Crippen LogP contribution in [0.5, 0.6) is 0 Å². The van der Waals surface area contributed by atoms with Gasteiger partial charge in [-0.05, 0) is 24.0 Å². The summed E-state index contributed by atoms with van der Waals surface area (Å²) in [6.07, 6.45) is 2.55. The average Bonchev–Trinajstić information content (AvgIpc) is 2.28. The van der Waals surface area contributed by atoms with Crippen LogP contribution in [0, 0.1) is 5.92 Å². The van der Waals surface area contributed by atoms with Gasteiger partial charge in [-0.15, -0.1) is 0 Å². The van der Waals surface area contributed by atoms with Gasteiger partial charge in [0.05, 0.1) is 6.42 Å². The summed E-state index contributed by atoms with van der Waals surface area (Å²) < 4.78 is 0. The van der Waals surface area contributed by atoms with Gasteiger partial charge >= 0.3 is 0 Å². The summed E-state index contributed by atoms with van der Waals surface area (Å²) in [5.41, 5.74) is 2.28. The Morgan fingerprint density at radius 2 is 2.00 bits per heavy atom. The van der Waals surface area contributed by atoms with E-state index >= 15 is 0 Å². The van der Waals surface area contributed by atoms with Gasteiger partial charge in [0.15, 0.2) is 0 Å². The highest BCUT2D eigenvalue weighted by Crippen LogP contribution is 2.47. The van der Waals surface area contributed by atoms with E-state index in [1.807, 2.05) is 12.1 Å². The predicted octanol–water partition coefficient (Wildman–Crippen LogP) is 2.44. The third-order valence-corrected chi connectivity index (χ3v) is 4.43. The minimum absolute atomic E-state index is 0.0510. The first-order chi connectivity index (χ1) is 8.11. The van der Waals surface area contributed by atoms with Crippen LogP contribution in [0.3, 0.4) is 0 Å².